The molecular weight excluding hydrogens is 247 g/mol. The Morgan fingerprint density at radius 1 is 1.28 bits per heavy atom. The molecule has 98 valence electrons. The second kappa shape index (κ2) is 4.61. The molecule has 3 nitrogen and oxygen atoms in total. The van der Waals surface area contributed by atoms with E-state index in [1.54, 1.807) is 0 Å². The van der Waals surface area contributed by atoms with Gasteiger partial charge in [-0.25, -0.2) is 13.2 Å². The minimum Gasteiger partial charge on any atom is -0.394 e. The van der Waals surface area contributed by atoms with Gasteiger partial charge >= 0.3 is 0 Å². The Labute approximate surface area is 102 Å². The zero-order valence-electron chi connectivity index (χ0n) is 9.47. The summed E-state index contributed by atoms with van der Waals surface area (Å²) in [7, 11) is 0. The van der Waals surface area contributed by atoms with Gasteiger partial charge in [-0.05, 0) is 19.3 Å². The molecule has 0 bridgehead atoms. The van der Waals surface area contributed by atoms with Crippen LogP contribution in [0.2, 0.25) is 0 Å². The van der Waals surface area contributed by atoms with Gasteiger partial charge in [-0.2, -0.15) is 0 Å². The van der Waals surface area contributed by atoms with Crippen molar-refractivity contribution in [3.8, 4) is 0 Å². The van der Waals surface area contributed by atoms with Crippen LogP contribution in [0.25, 0.3) is 0 Å². The number of amides is 1. The Morgan fingerprint density at radius 2 is 1.83 bits per heavy atom. The van der Waals surface area contributed by atoms with E-state index in [0.29, 0.717) is 25.0 Å². The van der Waals surface area contributed by atoms with E-state index in [9.17, 15) is 18.0 Å². The molecule has 2 N–H and O–H groups in total. The summed E-state index contributed by atoms with van der Waals surface area (Å²) in [6, 6.07) is 0.898. The zero-order chi connectivity index (χ0) is 13.3. The Balaban J connectivity index is 2.24. The van der Waals surface area contributed by atoms with Crippen molar-refractivity contribution in [2.75, 3.05) is 6.61 Å². The molecule has 6 heteroatoms. The van der Waals surface area contributed by atoms with Gasteiger partial charge in [-0.1, -0.05) is 0 Å². The Kier molecular flexibility index (Phi) is 3.30. The van der Waals surface area contributed by atoms with Crippen LogP contribution in [0.5, 0.6) is 0 Å². The van der Waals surface area contributed by atoms with E-state index in [-0.39, 0.29) is 6.61 Å². The summed E-state index contributed by atoms with van der Waals surface area (Å²) in [5.74, 6) is -4.56. The standard InChI is InChI=1S/C12H12F3NO2/c13-7-4-8(14)10(9(15)5-7)11(18)16-12(6-17)2-1-3-12/h4-5,17H,1-3,6H2,(H,16,18). The number of benzene rings is 1. The molecule has 0 atom stereocenters. The maximum atomic E-state index is 13.4. The smallest absolute Gasteiger partial charge is 0.257 e. The number of hydrogen-bond donors (Lipinski definition) is 2. The molecule has 1 saturated carbocycles. The third-order valence-electron chi connectivity index (χ3n) is 3.23. The molecule has 2 rings (SSSR count). The van der Waals surface area contributed by atoms with Crippen LogP contribution in [-0.2, 0) is 0 Å². The van der Waals surface area contributed by atoms with Crippen molar-refractivity contribution in [2.24, 2.45) is 0 Å². The van der Waals surface area contributed by atoms with Crippen molar-refractivity contribution in [1.29, 1.82) is 0 Å². The van der Waals surface area contributed by atoms with Crippen molar-refractivity contribution in [3.63, 3.8) is 0 Å². The van der Waals surface area contributed by atoms with E-state index < -0.39 is 34.5 Å². The van der Waals surface area contributed by atoms with E-state index in [4.69, 9.17) is 5.11 Å². The maximum absolute atomic E-state index is 13.4. The molecule has 0 saturated heterocycles. The fraction of sp³-hybridized carbons (Fsp3) is 0.417. The normalized spacial score (nSPS) is 17.1. The van der Waals surface area contributed by atoms with Gasteiger partial charge in [0.15, 0.2) is 0 Å². The summed E-state index contributed by atoms with van der Waals surface area (Å²) >= 11 is 0. The number of hydrogen-bond acceptors (Lipinski definition) is 2. The van der Waals surface area contributed by atoms with Crippen molar-refractivity contribution in [2.45, 2.75) is 24.8 Å². The lowest BCUT2D eigenvalue weighted by molar-refractivity contribution is 0.0635. The number of carbonyl (C=O) groups excluding carboxylic acids is 1. The minimum absolute atomic E-state index is 0.289. The van der Waals surface area contributed by atoms with E-state index in [1.807, 2.05) is 0 Å². The van der Waals surface area contributed by atoms with Crippen LogP contribution in [0.15, 0.2) is 12.1 Å². The highest BCUT2D eigenvalue weighted by Crippen LogP contribution is 2.31. The van der Waals surface area contributed by atoms with Crippen molar-refractivity contribution in [1.82, 2.24) is 5.32 Å². The molecule has 1 amide bonds. The van der Waals surface area contributed by atoms with E-state index in [2.05, 4.69) is 5.32 Å². The molecule has 1 fully saturated rings. The SMILES string of the molecule is O=C(NC1(CO)CCC1)c1c(F)cc(F)cc1F. The first-order valence-corrected chi connectivity index (χ1v) is 5.55. The molecular formula is C12H12F3NO2. The second-order valence-electron chi connectivity index (χ2n) is 4.49. The first-order valence-electron chi connectivity index (χ1n) is 5.55. The maximum Gasteiger partial charge on any atom is 0.257 e. The van der Waals surface area contributed by atoms with Gasteiger partial charge < -0.3 is 10.4 Å². The van der Waals surface area contributed by atoms with Crippen LogP contribution in [-0.4, -0.2) is 23.2 Å². The Bertz CT molecular complexity index is 458. The van der Waals surface area contributed by atoms with Gasteiger partial charge in [0.25, 0.3) is 5.91 Å². The Morgan fingerprint density at radius 3 is 2.22 bits per heavy atom. The lowest BCUT2D eigenvalue weighted by Crippen LogP contribution is -2.56. The molecule has 0 spiro atoms. The highest BCUT2D eigenvalue weighted by atomic mass is 19.1. The van der Waals surface area contributed by atoms with Crippen LogP contribution in [0.4, 0.5) is 13.2 Å². The number of aliphatic hydroxyl groups excluding tert-OH is 1. The molecule has 1 aliphatic carbocycles. The average molecular weight is 259 g/mol. The number of rotatable bonds is 3. The minimum atomic E-state index is -1.25. The molecule has 0 aromatic heterocycles. The summed E-state index contributed by atoms with van der Waals surface area (Å²) in [6.45, 7) is -0.289. The lowest BCUT2D eigenvalue weighted by Gasteiger charge is -2.40. The average Bonchev–Trinajstić information content (AvgIpc) is 2.21. The number of aliphatic hydroxyl groups is 1. The van der Waals surface area contributed by atoms with Gasteiger partial charge in [0.2, 0.25) is 0 Å². The van der Waals surface area contributed by atoms with Gasteiger partial charge in [0.1, 0.15) is 23.0 Å². The quantitative estimate of drug-likeness (QED) is 0.868. The Hall–Kier alpha value is -1.56. The summed E-state index contributed by atoms with van der Waals surface area (Å²) in [5.41, 5.74) is -1.62. The lowest BCUT2D eigenvalue weighted by atomic mass is 9.77. The molecule has 0 aliphatic heterocycles. The predicted molar refractivity (Wildman–Crippen MR) is 57.5 cm³/mol. The highest BCUT2D eigenvalue weighted by molar-refractivity contribution is 5.95. The number of halogens is 3. The van der Waals surface area contributed by atoms with Crippen molar-refractivity contribution >= 4 is 5.91 Å². The first-order chi connectivity index (χ1) is 8.47. The van der Waals surface area contributed by atoms with Crippen LogP contribution in [0.3, 0.4) is 0 Å². The van der Waals surface area contributed by atoms with E-state index >= 15 is 0 Å². The molecule has 0 radical (unpaired) electrons. The molecule has 1 aromatic rings. The molecule has 1 aliphatic rings. The van der Waals surface area contributed by atoms with Crippen LogP contribution < -0.4 is 5.32 Å². The zero-order valence-corrected chi connectivity index (χ0v) is 9.47. The van der Waals surface area contributed by atoms with Gasteiger partial charge in [-0.15, -0.1) is 0 Å². The fourth-order valence-electron chi connectivity index (χ4n) is 1.99. The summed E-state index contributed by atoms with van der Waals surface area (Å²) in [6.07, 6.45) is 1.94. The molecule has 18 heavy (non-hydrogen) atoms. The van der Waals surface area contributed by atoms with Gasteiger partial charge in [0.05, 0.1) is 12.1 Å². The largest absolute Gasteiger partial charge is 0.394 e. The van der Waals surface area contributed by atoms with Gasteiger partial charge in [-0.3, -0.25) is 4.79 Å². The summed E-state index contributed by atoms with van der Waals surface area (Å²) in [5, 5.41) is 11.6. The third-order valence-corrected chi connectivity index (χ3v) is 3.23. The van der Waals surface area contributed by atoms with Crippen LogP contribution >= 0.6 is 0 Å². The molecule has 0 unspecified atom stereocenters. The third kappa shape index (κ3) is 2.20. The van der Waals surface area contributed by atoms with Crippen molar-refractivity contribution < 1.29 is 23.1 Å². The van der Waals surface area contributed by atoms with Gasteiger partial charge in [0, 0.05) is 12.1 Å². The fourth-order valence-corrected chi connectivity index (χ4v) is 1.99. The van der Waals surface area contributed by atoms with Crippen LogP contribution in [0, 0.1) is 17.5 Å². The van der Waals surface area contributed by atoms with E-state index in [0.717, 1.165) is 6.42 Å². The number of carbonyl (C=O) groups is 1. The first kappa shape index (κ1) is 12.9. The second-order valence-corrected chi connectivity index (χ2v) is 4.49. The summed E-state index contributed by atoms with van der Waals surface area (Å²) < 4.78 is 39.4. The highest BCUT2D eigenvalue weighted by Gasteiger charge is 2.38. The van der Waals surface area contributed by atoms with E-state index in [1.165, 1.54) is 0 Å². The topological polar surface area (TPSA) is 49.3 Å². The molecule has 0 heterocycles. The monoisotopic (exact) mass is 259 g/mol. The number of nitrogens with one attached hydrogen (secondary N) is 1. The summed E-state index contributed by atoms with van der Waals surface area (Å²) in [4.78, 5) is 11.7. The molecule has 1 aromatic carbocycles. The predicted octanol–water partition coefficient (Wildman–Crippen LogP) is 1.75. The van der Waals surface area contributed by atoms with Crippen LogP contribution in [0.1, 0.15) is 29.6 Å². The van der Waals surface area contributed by atoms with Crippen molar-refractivity contribution in [3.05, 3.63) is 35.1 Å².